The molecule has 0 aliphatic carbocycles. The van der Waals surface area contributed by atoms with Crippen molar-refractivity contribution < 1.29 is 4.74 Å². The molecule has 0 saturated carbocycles. The van der Waals surface area contributed by atoms with Gasteiger partial charge in [-0.3, -0.25) is 4.99 Å². The molecule has 0 rings (SSSR count). The Balaban J connectivity index is 3.28. The molecule has 0 radical (unpaired) electrons. The van der Waals surface area contributed by atoms with Gasteiger partial charge in [-0.25, -0.2) is 0 Å². The van der Waals surface area contributed by atoms with Crippen LogP contribution in [0.25, 0.3) is 0 Å². The first-order valence-electron chi connectivity index (χ1n) is 3.23. The molecular formula is C7H15NO. The number of aliphatic imine (C=N–C) groups is 1. The number of ether oxygens (including phenoxy) is 1. The van der Waals surface area contributed by atoms with Crippen molar-refractivity contribution >= 4 is 5.90 Å². The standard InChI is InChI=1S/C7H15NO/c1-6(2)5-9-7(3)8-4/h6H,5H2,1-4H3. The van der Waals surface area contributed by atoms with E-state index in [2.05, 4.69) is 18.8 Å². The SMILES string of the molecule is CN=C(C)OCC(C)C. The van der Waals surface area contributed by atoms with Crippen molar-refractivity contribution in [3.05, 3.63) is 0 Å². The molecule has 0 fully saturated rings. The average Bonchev–Trinajstić information content (AvgIpc) is 1.83. The van der Waals surface area contributed by atoms with Crippen LogP contribution in [0.2, 0.25) is 0 Å². The molecule has 0 saturated heterocycles. The second kappa shape index (κ2) is 4.36. The van der Waals surface area contributed by atoms with Crippen LogP contribution < -0.4 is 0 Å². The Labute approximate surface area is 56.9 Å². The minimum absolute atomic E-state index is 0.585. The smallest absolute Gasteiger partial charge is 0.179 e. The molecule has 0 aliphatic heterocycles. The molecule has 0 spiro atoms. The maximum atomic E-state index is 5.20. The number of hydrogen-bond acceptors (Lipinski definition) is 2. The summed E-state index contributed by atoms with van der Waals surface area (Å²) in [4.78, 5) is 3.85. The fourth-order valence-electron chi connectivity index (χ4n) is 0.352. The Kier molecular flexibility index (Phi) is 4.10. The normalized spacial score (nSPS) is 12.3. The quantitative estimate of drug-likeness (QED) is 0.411. The monoisotopic (exact) mass is 129 g/mol. The van der Waals surface area contributed by atoms with Crippen LogP contribution in [0.4, 0.5) is 0 Å². The van der Waals surface area contributed by atoms with E-state index in [0.29, 0.717) is 5.92 Å². The fourth-order valence-corrected chi connectivity index (χ4v) is 0.352. The molecule has 0 unspecified atom stereocenters. The lowest BCUT2D eigenvalue weighted by Crippen LogP contribution is -2.06. The molecule has 0 aliphatic rings. The Hall–Kier alpha value is -0.530. The van der Waals surface area contributed by atoms with Crippen molar-refractivity contribution in [1.82, 2.24) is 0 Å². The molecule has 0 amide bonds. The van der Waals surface area contributed by atoms with Crippen molar-refractivity contribution in [2.24, 2.45) is 10.9 Å². The number of nitrogens with zero attached hydrogens (tertiary/aromatic N) is 1. The van der Waals surface area contributed by atoms with Gasteiger partial charge >= 0.3 is 0 Å². The van der Waals surface area contributed by atoms with E-state index in [4.69, 9.17) is 4.74 Å². The summed E-state index contributed by atoms with van der Waals surface area (Å²) in [6, 6.07) is 0. The van der Waals surface area contributed by atoms with Crippen molar-refractivity contribution in [3.8, 4) is 0 Å². The van der Waals surface area contributed by atoms with E-state index in [-0.39, 0.29) is 0 Å². The highest BCUT2D eigenvalue weighted by Crippen LogP contribution is 1.92. The lowest BCUT2D eigenvalue weighted by Gasteiger charge is -2.05. The third-order valence-electron chi connectivity index (χ3n) is 0.940. The van der Waals surface area contributed by atoms with E-state index >= 15 is 0 Å². The maximum Gasteiger partial charge on any atom is 0.179 e. The van der Waals surface area contributed by atoms with Gasteiger partial charge in [-0.05, 0) is 5.92 Å². The van der Waals surface area contributed by atoms with E-state index in [0.717, 1.165) is 12.5 Å². The van der Waals surface area contributed by atoms with Crippen LogP contribution in [0.5, 0.6) is 0 Å². The summed E-state index contributed by atoms with van der Waals surface area (Å²) in [6.45, 7) is 6.86. The minimum Gasteiger partial charge on any atom is -0.481 e. The summed E-state index contributed by atoms with van der Waals surface area (Å²) in [5, 5.41) is 0. The van der Waals surface area contributed by atoms with E-state index in [1.807, 2.05) is 6.92 Å². The van der Waals surface area contributed by atoms with E-state index in [1.54, 1.807) is 7.05 Å². The van der Waals surface area contributed by atoms with Gasteiger partial charge in [0, 0.05) is 14.0 Å². The van der Waals surface area contributed by atoms with Gasteiger partial charge < -0.3 is 4.74 Å². The van der Waals surface area contributed by atoms with Crippen LogP contribution in [0, 0.1) is 5.92 Å². The predicted molar refractivity (Wildman–Crippen MR) is 39.8 cm³/mol. The predicted octanol–water partition coefficient (Wildman–Crippen LogP) is 1.71. The van der Waals surface area contributed by atoms with Gasteiger partial charge in [0.15, 0.2) is 5.90 Å². The van der Waals surface area contributed by atoms with Crippen LogP contribution >= 0.6 is 0 Å². The van der Waals surface area contributed by atoms with Gasteiger partial charge in [0.1, 0.15) is 0 Å². The molecule has 9 heavy (non-hydrogen) atoms. The first-order valence-corrected chi connectivity index (χ1v) is 3.23. The Morgan fingerprint density at radius 3 is 2.44 bits per heavy atom. The fraction of sp³-hybridized carbons (Fsp3) is 0.857. The van der Waals surface area contributed by atoms with E-state index in [9.17, 15) is 0 Å². The summed E-state index contributed by atoms with van der Waals surface area (Å²) in [7, 11) is 1.73. The van der Waals surface area contributed by atoms with Gasteiger partial charge in [0.25, 0.3) is 0 Å². The van der Waals surface area contributed by atoms with E-state index in [1.165, 1.54) is 0 Å². The zero-order valence-corrected chi connectivity index (χ0v) is 6.64. The molecule has 2 heteroatoms. The molecular weight excluding hydrogens is 114 g/mol. The van der Waals surface area contributed by atoms with Crippen molar-refractivity contribution in [2.75, 3.05) is 13.7 Å². The summed E-state index contributed by atoms with van der Waals surface area (Å²) >= 11 is 0. The topological polar surface area (TPSA) is 21.6 Å². The molecule has 0 bridgehead atoms. The van der Waals surface area contributed by atoms with Gasteiger partial charge in [-0.1, -0.05) is 13.8 Å². The molecule has 0 atom stereocenters. The Morgan fingerprint density at radius 2 is 2.11 bits per heavy atom. The molecule has 0 heterocycles. The molecule has 0 N–H and O–H groups in total. The average molecular weight is 129 g/mol. The lowest BCUT2D eigenvalue weighted by atomic mass is 10.2. The zero-order chi connectivity index (χ0) is 7.28. The van der Waals surface area contributed by atoms with Gasteiger partial charge in [0.2, 0.25) is 0 Å². The first-order chi connectivity index (χ1) is 4.16. The highest BCUT2D eigenvalue weighted by Gasteiger charge is 1.93. The summed E-state index contributed by atoms with van der Waals surface area (Å²) < 4.78 is 5.20. The van der Waals surface area contributed by atoms with E-state index < -0.39 is 0 Å². The van der Waals surface area contributed by atoms with Crippen molar-refractivity contribution in [2.45, 2.75) is 20.8 Å². The Bertz CT molecular complexity index is 97.1. The summed E-state index contributed by atoms with van der Waals surface area (Å²) in [5.41, 5.74) is 0. The highest BCUT2D eigenvalue weighted by atomic mass is 16.5. The summed E-state index contributed by atoms with van der Waals surface area (Å²) in [5.74, 6) is 1.35. The first kappa shape index (κ1) is 8.47. The third kappa shape index (κ3) is 5.34. The van der Waals surface area contributed by atoms with Gasteiger partial charge in [-0.15, -0.1) is 0 Å². The number of rotatable bonds is 2. The maximum absolute atomic E-state index is 5.20. The van der Waals surface area contributed by atoms with Crippen LogP contribution in [0.1, 0.15) is 20.8 Å². The van der Waals surface area contributed by atoms with Crippen LogP contribution in [0.3, 0.4) is 0 Å². The van der Waals surface area contributed by atoms with Crippen LogP contribution in [-0.2, 0) is 4.74 Å². The third-order valence-corrected chi connectivity index (χ3v) is 0.940. The molecule has 2 nitrogen and oxygen atoms in total. The Morgan fingerprint density at radius 1 is 1.56 bits per heavy atom. The zero-order valence-electron chi connectivity index (χ0n) is 6.64. The second-order valence-electron chi connectivity index (χ2n) is 2.45. The largest absolute Gasteiger partial charge is 0.481 e. The van der Waals surface area contributed by atoms with Crippen LogP contribution in [0.15, 0.2) is 4.99 Å². The number of hydrogen-bond donors (Lipinski definition) is 0. The van der Waals surface area contributed by atoms with Crippen molar-refractivity contribution in [3.63, 3.8) is 0 Å². The summed E-state index contributed by atoms with van der Waals surface area (Å²) in [6.07, 6.45) is 0. The molecule has 0 aromatic heterocycles. The van der Waals surface area contributed by atoms with Crippen LogP contribution in [-0.4, -0.2) is 19.6 Å². The molecule has 0 aromatic rings. The van der Waals surface area contributed by atoms with Gasteiger partial charge in [0.05, 0.1) is 6.61 Å². The minimum atomic E-state index is 0.585. The molecule has 0 aromatic carbocycles. The lowest BCUT2D eigenvalue weighted by molar-refractivity contribution is 0.256. The molecule has 54 valence electrons. The second-order valence-corrected chi connectivity index (χ2v) is 2.45. The highest BCUT2D eigenvalue weighted by molar-refractivity contribution is 5.72. The van der Waals surface area contributed by atoms with Crippen molar-refractivity contribution in [1.29, 1.82) is 0 Å². The van der Waals surface area contributed by atoms with Gasteiger partial charge in [-0.2, -0.15) is 0 Å².